The Morgan fingerprint density at radius 1 is 1.27 bits per heavy atom. The topological polar surface area (TPSA) is 29.1 Å². The van der Waals surface area contributed by atoms with Crippen LogP contribution in [0.15, 0.2) is 23.9 Å². The number of ketones is 1. The van der Waals surface area contributed by atoms with E-state index < -0.39 is 11.6 Å². The zero-order chi connectivity index (χ0) is 11.4. The minimum atomic E-state index is -0.666. The van der Waals surface area contributed by atoms with Crippen LogP contribution in [0.4, 0.5) is 8.78 Å². The molecule has 2 nitrogen and oxygen atoms in total. The Hall–Kier alpha value is -1.71. The van der Waals surface area contributed by atoms with Crippen LogP contribution in [-0.4, -0.2) is 12.8 Å². The highest BCUT2D eigenvalue weighted by molar-refractivity contribution is 5.97. The molecule has 0 aliphatic carbocycles. The lowest BCUT2D eigenvalue weighted by Gasteiger charge is -2.02. The zero-order valence-electron chi connectivity index (χ0n) is 8.47. The van der Waals surface area contributed by atoms with E-state index in [1.165, 1.54) is 13.0 Å². The van der Waals surface area contributed by atoms with Gasteiger partial charge in [-0.2, -0.15) is 0 Å². The molecule has 0 fully saturated rings. The fraction of sp³-hybridized carbons (Fsp3) is 0.182. The minimum absolute atomic E-state index is 0.192. The fourth-order valence-corrected chi connectivity index (χ4v) is 1.17. The van der Waals surface area contributed by atoms with Crippen molar-refractivity contribution >= 4 is 11.9 Å². The van der Waals surface area contributed by atoms with Crippen LogP contribution in [-0.2, 0) is 4.79 Å². The molecule has 0 amide bonds. The second-order valence-electron chi connectivity index (χ2n) is 3.07. The molecule has 1 rings (SSSR count). The van der Waals surface area contributed by atoms with Crippen LogP contribution in [0.2, 0.25) is 0 Å². The largest absolute Gasteiger partial charge is 0.385 e. The molecule has 0 aliphatic heterocycles. The number of Topliss-reactive ketones (excluding diaryl/α,β-unsaturated/α-hetero) is 1. The first-order valence-corrected chi connectivity index (χ1v) is 4.39. The third-order valence-corrected chi connectivity index (χ3v) is 1.84. The molecule has 15 heavy (non-hydrogen) atoms. The van der Waals surface area contributed by atoms with E-state index in [4.69, 9.17) is 0 Å². The fourth-order valence-electron chi connectivity index (χ4n) is 1.17. The monoisotopic (exact) mass is 211 g/mol. The molecule has 80 valence electrons. The van der Waals surface area contributed by atoms with Gasteiger partial charge in [0.05, 0.1) is 5.70 Å². The first kappa shape index (κ1) is 11.4. The molecule has 0 aromatic heterocycles. The van der Waals surface area contributed by atoms with Crippen LogP contribution in [0, 0.1) is 11.6 Å². The summed E-state index contributed by atoms with van der Waals surface area (Å²) in [5, 5.41) is 2.66. The van der Waals surface area contributed by atoms with Crippen molar-refractivity contribution in [3.63, 3.8) is 0 Å². The van der Waals surface area contributed by atoms with E-state index in [9.17, 15) is 13.6 Å². The first-order chi connectivity index (χ1) is 7.02. The Kier molecular flexibility index (Phi) is 3.55. The summed E-state index contributed by atoms with van der Waals surface area (Å²) in [5.74, 6) is -1.53. The molecular weight excluding hydrogens is 200 g/mol. The number of allylic oxidation sites excluding steroid dienone is 1. The van der Waals surface area contributed by atoms with Crippen molar-refractivity contribution in [3.8, 4) is 0 Å². The summed E-state index contributed by atoms with van der Waals surface area (Å²) in [5.41, 5.74) is 0.618. The maximum absolute atomic E-state index is 12.8. The van der Waals surface area contributed by atoms with Crippen molar-refractivity contribution in [1.29, 1.82) is 0 Å². The van der Waals surface area contributed by atoms with Gasteiger partial charge in [-0.1, -0.05) is 0 Å². The van der Waals surface area contributed by atoms with E-state index in [1.54, 1.807) is 7.05 Å². The smallest absolute Gasteiger partial charge is 0.175 e. The highest BCUT2D eigenvalue weighted by Gasteiger charge is 2.03. The summed E-state index contributed by atoms with van der Waals surface area (Å²) in [6.45, 7) is 1.37. The van der Waals surface area contributed by atoms with Gasteiger partial charge in [-0.05, 0) is 23.8 Å². The third-order valence-electron chi connectivity index (χ3n) is 1.84. The number of carbonyl (C=O) groups excluding carboxylic acids is 1. The number of rotatable bonds is 3. The number of carbonyl (C=O) groups is 1. The molecular formula is C11H11F2NO. The summed E-state index contributed by atoms with van der Waals surface area (Å²) in [7, 11) is 1.57. The molecule has 1 aromatic rings. The molecule has 1 N–H and O–H groups in total. The average molecular weight is 211 g/mol. The lowest BCUT2D eigenvalue weighted by atomic mass is 10.1. The minimum Gasteiger partial charge on any atom is -0.385 e. The third kappa shape index (κ3) is 3.16. The van der Waals surface area contributed by atoms with Crippen LogP contribution in [0.5, 0.6) is 0 Å². The van der Waals surface area contributed by atoms with Gasteiger partial charge in [0.1, 0.15) is 11.6 Å². The van der Waals surface area contributed by atoms with Gasteiger partial charge >= 0.3 is 0 Å². The van der Waals surface area contributed by atoms with Crippen molar-refractivity contribution in [1.82, 2.24) is 5.32 Å². The first-order valence-electron chi connectivity index (χ1n) is 4.39. The molecule has 0 bridgehead atoms. The molecule has 1 aromatic carbocycles. The Labute approximate surface area is 86.6 Å². The zero-order valence-corrected chi connectivity index (χ0v) is 8.47. The molecule has 4 heteroatoms. The van der Waals surface area contributed by atoms with Gasteiger partial charge in [0.2, 0.25) is 0 Å². The number of likely N-dealkylation sites (N-methyl/N-ethyl adjacent to an activating group) is 1. The number of halogens is 2. The summed E-state index contributed by atoms with van der Waals surface area (Å²) in [6, 6.07) is 3.09. The lowest BCUT2D eigenvalue weighted by Crippen LogP contribution is -2.12. The Bertz CT molecular complexity index is 393. The van der Waals surface area contributed by atoms with Crippen molar-refractivity contribution < 1.29 is 13.6 Å². The van der Waals surface area contributed by atoms with Gasteiger partial charge in [-0.3, -0.25) is 4.79 Å². The van der Waals surface area contributed by atoms with Gasteiger partial charge in [-0.25, -0.2) is 8.78 Å². The van der Waals surface area contributed by atoms with Crippen LogP contribution < -0.4 is 5.32 Å². The summed E-state index contributed by atoms with van der Waals surface area (Å²) in [4.78, 5) is 11.0. The van der Waals surface area contributed by atoms with Crippen molar-refractivity contribution in [2.75, 3.05) is 7.05 Å². The van der Waals surface area contributed by atoms with E-state index in [0.29, 0.717) is 11.3 Å². The van der Waals surface area contributed by atoms with Gasteiger partial charge in [0.15, 0.2) is 5.78 Å². The Morgan fingerprint density at radius 3 is 2.20 bits per heavy atom. The normalized spacial score (nSPS) is 11.3. The second kappa shape index (κ2) is 4.68. The molecule has 0 saturated carbocycles. The lowest BCUT2D eigenvalue weighted by molar-refractivity contribution is -0.113. The van der Waals surface area contributed by atoms with E-state index in [0.717, 1.165) is 18.2 Å². The van der Waals surface area contributed by atoms with Crippen LogP contribution in [0.25, 0.3) is 6.08 Å². The quantitative estimate of drug-likeness (QED) is 0.776. The molecule has 0 unspecified atom stereocenters. The molecule has 0 aliphatic rings. The predicted octanol–water partition coefficient (Wildman–Crippen LogP) is 2.11. The van der Waals surface area contributed by atoms with Gasteiger partial charge in [-0.15, -0.1) is 0 Å². The number of nitrogens with one attached hydrogen (secondary N) is 1. The van der Waals surface area contributed by atoms with Crippen LogP contribution in [0.3, 0.4) is 0 Å². The Balaban J connectivity index is 3.11. The van der Waals surface area contributed by atoms with Crippen molar-refractivity contribution in [2.45, 2.75) is 6.92 Å². The van der Waals surface area contributed by atoms with Crippen LogP contribution >= 0.6 is 0 Å². The predicted molar refractivity (Wildman–Crippen MR) is 54.1 cm³/mol. The summed E-state index contributed by atoms with van der Waals surface area (Å²) >= 11 is 0. The summed E-state index contributed by atoms with van der Waals surface area (Å²) < 4.78 is 25.6. The second-order valence-corrected chi connectivity index (χ2v) is 3.07. The maximum Gasteiger partial charge on any atom is 0.175 e. The highest BCUT2D eigenvalue weighted by atomic mass is 19.1. The van der Waals surface area contributed by atoms with Crippen molar-refractivity contribution in [2.24, 2.45) is 0 Å². The van der Waals surface area contributed by atoms with Gasteiger partial charge < -0.3 is 5.32 Å². The summed E-state index contributed by atoms with van der Waals surface area (Å²) in [6.07, 6.45) is 1.40. The van der Waals surface area contributed by atoms with Crippen molar-refractivity contribution in [3.05, 3.63) is 41.1 Å². The van der Waals surface area contributed by atoms with E-state index in [1.807, 2.05) is 0 Å². The molecule has 0 spiro atoms. The van der Waals surface area contributed by atoms with Crippen LogP contribution in [0.1, 0.15) is 12.5 Å². The number of hydrogen-bond acceptors (Lipinski definition) is 2. The molecule has 0 saturated heterocycles. The number of benzene rings is 1. The molecule has 0 heterocycles. The van der Waals surface area contributed by atoms with E-state index >= 15 is 0 Å². The standard InChI is InChI=1S/C11H11F2NO/c1-7(15)11(14-2)5-8-3-9(12)6-10(13)4-8/h3-6,14H,1-2H3/b11-5-. The SMILES string of the molecule is CN/C(=C\c1cc(F)cc(F)c1)C(C)=O. The molecule has 0 radical (unpaired) electrons. The molecule has 0 atom stereocenters. The number of hydrogen-bond donors (Lipinski definition) is 1. The average Bonchev–Trinajstić information content (AvgIpc) is 2.12. The van der Waals surface area contributed by atoms with Gasteiger partial charge in [0.25, 0.3) is 0 Å². The maximum atomic E-state index is 12.8. The highest BCUT2D eigenvalue weighted by Crippen LogP contribution is 2.11. The van der Waals surface area contributed by atoms with Gasteiger partial charge in [0, 0.05) is 20.0 Å². The van der Waals surface area contributed by atoms with E-state index in [-0.39, 0.29) is 5.78 Å². The van der Waals surface area contributed by atoms with E-state index in [2.05, 4.69) is 5.32 Å². The Morgan fingerprint density at radius 2 is 1.80 bits per heavy atom.